The summed E-state index contributed by atoms with van der Waals surface area (Å²) in [6, 6.07) is 14.9. The minimum Gasteiger partial charge on any atom is -0.444 e. The Kier molecular flexibility index (Phi) is 11.3. The number of carbonyl (C=O) groups is 4. The molecule has 0 saturated carbocycles. The molecule has 9 nitrogen and oxygen atoms in total. The molecule has 0 fully saturated rings. The van der Waals surface area contributed by atoms with Crippen molar-refractivity contribution in [2.75, 3.05) is 0 Å². The second kappa shape index (κ2) is 14.0. The fraction of sp³-hybridized carbons (Fsp3) is 0.484. The number of alkyl carbamates (subject to hydrolysis) is 1. The van der Waals surface area contributed by atoms with Crippen LogP contribution in [0.5, 0.6) is 0 Å². The van der Waals surface area contributed by atoms with Gasteiger partial charge in [-0.05, 0) is 71.1 Å². The zero-order valence-electron chi connectivity index (χ0n) is 24.7. The van der Waals surface area contributed by atoms with Crippen LogP contribution in [0.15, 0.2) is 54.6 Å². The summed E-state index contributed by atoms with van der Waals surface area (Å²) >= 11 is 0. The predicted molar refractivity (Wildman–Crippen MR) is 155 cm³/mol. The lowest BCUT2D eigenvalue weighted by Gasteiger charge is -2.43. The molecule has 0 heterocycles. The highest BCUT2D eigenvalue weighted by Gasteiger charge is 2.41. The van der Waals surface area contributed by atoms with E-state index in [1.54, 1.807) is 20.8 Å². The minimum atomic E-state index is -1.15. The van der Waals surface area contributed by atoms with Gasteiger partial charge in [0, 0.05) is 18.5 Å². The quantitative estimate of drug-likeness (QED) is 0.381. The molecule has 0 spiro atoms. The second-order valence-electron chi connectivity index (χ2n) is 11.8. The Balaban J connectivity index is 2.53. The highest BCUT2D eigenvalue weighted by atomic mass is 16.6. The molecule has 9 heteroatoms. The van der Waals surface area contributed by atoms with Crippen LogP contribution in [-0.2, 0) is 32.1 Å². The lowest BCUT2D eigenvalue weighted by molar-refractivity contribution is -0.148. The lowest BCUT2D eigenvalue weighted by Crippen LogP contribution is -2.58. The van der Waals surface area contributed by atoms with E-state index in [9.17, 15) is 19.2 Å². The monoisotopic (exact) mass is 552 g/mol. The van der Waals surface area contributed by atoms with Gasteiger partial charge in [0.25, 0.3) is 0 Å². The molecule has 0 aromatic heterocycles. The van der Waals surface area contributed by atoms with Crippen LogP contribution in [0, 0.1) is 0 Å². The van der Waals surface area contributed by atoms with Crippen LogP contribution < -0.4 is 16.4 Å². The maximum Gasteiger partial charge on any atom is 0.408 e. The van der Waals surface area contributed by atoms with Crippen molar-refractivity contribution in [2.24, 2.45) is 5.73 Å². The number of nitrogens with two attached hydrogens (primary N) is 1. The summed E-state index contributed by atoms with van der Waals surface area (Å²) in [4.78, 5) is 53.9. The Labute approximate surface area is 237 Å². The molecule has 4 amide bonds. The molecule has 0 aliphatic heterocycles. The molecule has 2 aromatic rings. The molecule has 0 aliphatic rings. The normalized spacial score (nSPS) is 13.1. The molecular formula is C31H44N4O5. The van der Waals surface area contributed by atoms with Crippen molar-refractivity contribution in [2.45, 2.75) is 97.5 Å². The van der Waals surface area contributed by atoms with E-state index in [2.05, 4.69) is 10.6 Å². The number of nitrogens with zero attached hydrogens (tertiary/aromatic N) is 1. The number of primary amides is 1. The van der Waals surface area contributed by atoms with E-state index in [-0.39, 0.29) is 25.3 Å². The third kappa shape index (κ3) is 10.0. The fourth-order valence-electron chi connectivity index (χ4n) is 4.24. The van der Waals surface area contributed by atoms with Crippen molar-refractivity contribution >= 4 is 23.8 Å². The zero-order chi connectivity index (χ0) is 30.1. The third-order valence-corrected chi connectivity index (χ3v) is 6.15. The van der Waals surface area contributed by atoms with Crippen molar-refractivity contribution in [3.8, 4) is 0 Å². The first-order chi connectivity index (χ1) is 18.6. The first-order valence-corrected chi connectivity index (χ1v) is 13.6. The average molecular weight is 553 g/mol. The van der Waals surface area contributed by atoms with E-state index in [0.717, 1.165) is 17.5 Å². The summed E-state index contributed by atoms with van der Waals surface area (Å²) in [5.41, 5.74) is 6.36. The summed E-state index contributed by atoms with van der Waals surface area (Å²) in [5.74, 6) is -1.51. The van der Waals surface area contributed by atoms with Gasteiger partial charge in [-0.3, -0.25) is 14.4 Å². The van der Waals surface area contributed by atoms with Gasteiger partial charge < -0.3 is 26.0 Å². The number of nitrogens with one attached hydrogen (secondary N) is 2. The summed E-state index contributed by atoms with van der Waals surface area (Å²) in [6.07, 6.45) is -0.170. The van der Waals surface area contributed by atoms with Crippen LogP contribution in [-0.4, -0.2) is 45.9 Å². The van der Waals surface area contributed by atoms with Gasteiger partial charge in [-0.15, -0.1) is 0 Å². The number of aryl methyl sites for hydroxylation is 1. The number of carbonyl (C=O) groups excluding carboxylic acids is 4. The molecule has 0 saturated heterocycles. The van der Waals surface area contributed by atoms with Gasteiger partial charge in [-0.25, -0.2) is 4.79 Å². The molecule has 0 radical (unpaired) electrons. The van der Waals surface area contributed by atoms with Crippen LogP contribution in [0.4, 0.5) is 4.79 Å². The topological polar surface area (TPSA) is 131 Å². The van der Waals surface area contributed by atoms with E-state index in [0.29, 0.717) is 5.56 Å². The Morgan fingerprint density at radius 1 is 0.900 bits per heavy atom. The largest absolute Gasteiger partial charge is 0.444 e. The summed E-state index contributed by atoms with van der Waals surface area (Å²) in [5, 5.41) is 5.59. The Morgan fingerprint density at radius 2 is 1.50 bits per heavy atom. The van der Waals surface area contributed by atoms with E-state index < -0.39 is 41.1 Å². The highest BCUT2D eigenvalue weighted by Crippen LogP contribution is 2.31. The van der Waals surface area contributed by atoms with Gasteiger partial charge in [0.05, 0.1) is 0 Å². The van der Waals surface area contributed by atoms with E-state index >= 15 is 0 Å². The molecule has 2 unspecified atom stereocenters. The second-order valence-corrected chi connectivity index (χ2v) is 11.8. The maximum atomic E-state index is 14.2. The Morgan fingerprint density at radius 3 is 2.00 bits per heavy atom. The van der Waals surface area contributed by atoms with E-state index in [1.807, 2.05) is 82.3 Å². The molecule has 0 aliphatic carbocycles. The fourth-order valence-corrected chi connectivity index (χ4v) is 4.24. The van der Waals surface area contributed by atoms with Crippen LogP contribution in [0.25, 0.3) is 0 Å². The minimum absolute atomic E-state index is 0.0485. The van der Waals surface area contributed by atoms with Crippen molar-refractivity contribution in [3.63, 3.8) is 0 Å². The predicted octanol–water partition coefficient (Wildman–Crippen LogP) is 4.39. The molecule has 2 aromatic carbocycles. The number of rotatable bonds is 11. The standard InChI is InChI=1S/C31H44N4O5/c1-8-21-14-16-23(17-15-21)26(27(37)33-20-22-12-10-9-11-13-22)35(30(2,3)4)28(38)24(18-19-25(32)36)34-29(39)40-31(5,6)7/h9-17,24,26H,8,18-20H2,1-7H3,(H2,32,36)(H,33,37)(H,34,39). The zero-order valence-corrected chi connectivity index (χ0v) is 24.7. The lowest BCUT2D eigenvalue weighted by atomic mass is 9.94. The van der Waals surface area contributed by atoms with E-state index in [1.165, 1.54) is 4.90 Å². The molecular weight excluding hydrogens is 508 g/mol. The van der Waals surface area contributed by atoms with Crippen molar-refractivity contribution < 1.29 is 23.9 Å². The van der Waals surface area contributed by atoms with Crippen LogP contribution in [0.2, 0.25) is 0 Å². The summed E-state index contributed by atoms with van der Waals surface area (Å²) < 4.78 is 5.38. The SMILES string of the molecule is CCc1ccc(C(C(=O)NCc2ccccc2)N(C(=O)C(CCC(N)=O)NC(=O)OC(C)(C)C)C(C)(C)C)cc1. The van der Waals surface area contributed by atoms with Crippen molar-refractivity contribution in [3.05, 3.63) is 71.3 Å². The molecule has 0 bridgehead atoms. The Bertz CT molecular complexity index is 1150. The number of benzene rings is 2. The maximum absolute atomic E-state index is 14.2. The summed E-state index contributed by atoms with van der Waals surface area (Å²) in [6.45, 7) is 12.9. The van der Waals surface area contributed by atoms with Gasteiger partial charge in [0.15, 0.2) is 0 Å². The summed E-state index contributed by atoms with van der Waals surface area (Å²) in [7, 11) is 0. The first-order valence-electron chi connectivity index (χ1n) is 13.6. The first kappa shape index (κ1) is 32.3. The number of hydrogen-bond acceptors (Lipinski definition) is 5. The molecule has 218 valence electrons. The van der Waals surface area contributed by atoms with E-state index in [4.69, 9.17) is 10.5 Å². The molecule has 2 rings (SSSR count). The van der Waals surface area contributed by atoms with Crippen molar-refractivity contribution in [1.82, 2.24) is 15.5 Å². The molecule has 40 heavy (non-hydrogen) atoms. The number of ether oxygens (including phenoxy) is 1. The highest BCUT2D eigenvalue weighted by molar-refractivity contribution is 5.93. The molecule has 2 atom stereocenters. The average Bonchev–Trinajstić information content (AvgIpc) is 2.86. The Hall–Kier alpha value is -3.88. The number of hydrogen-bond donors (Lipinski definition) is 3. The number of amides is 4. The van der Waals surface area contributed by atoms with Crippen LogP contribution in [0.1, 0.15) is 84.0 Å². The van der Waals surface area contributed by atoms with Gasteiger partial charge >= 0.3 is 6.09 Å². The van der Waals surface area contributed by atoms with Gasteiger partial charge in [-0.1, -0.05) is 61.5 Å². The van der Waals surface area contributed by atoms with Gasteiger partial charge in [-0.2, -0.15) is 0 Å². The van der Waals surface area contributed by atoms with Gasteiger partial charge in [0.2, 0.25) is 17.7 Å². The smallest absolute Gasteiger partial charge is 0.408 e. The van der Waals surface area contributed by atoms with Crippen LogP contribution >= 0.6 is 0 Å². The van der Waals surface area contributed by atoms with Crippen LogP contribution in [0.3, 0.4) is 0 Å². The molecule has 4 N–H and O–H groups in total. The van der Waals surface area contributed by atoms with Gasteiger partial charge in [0.1, 0.15) is 17.7 Å². The third-order valence-electron chi connectivity index (χ3n) is 6.15. The van der Waals surface area contributed by atoms with Crippen molar-refractivity contribution in [1.29, 1.82) is 0 Å².